The first-order chi connectivity index (χ1) is 6.56. The van der Waals surface area contributed by atoms with Crippen LogP contribution in [-0.4, -0.2) is 12.6 Å². The Labute approximate surface area is 95.0 Å². The molecule has 5 heteroatoms. The minimum absolute atomic E-state index is 0.150. The number of carbonyl (C=O) groups is 1. The fourth-order valence-electron chi connectivity index (χ4n) is 0.932. The Morgan fingerprint density at radius 3 is 2.86 bits per heavy atom. The summed E-state index contributed by atoms with van der Waals surface area (Å²) in [6, 6.07) is 2.33. The smallest absolute Gasteiger partial charge is 0.339 e. The van der Waals surface area contributed by atoms with Crippen molar-refractivity contribution in [1.29, 1.82) is 0 Å². The van der Waals surface area contributed by atoms with Crippen molar-refractivity contribution in [2.24, 2.45) is 0 Å². The van der Waals surface area contributed by atoms with E-state index in [9.17, 15) is 9.18 Å². The van der Waals surface area contributed by atoms with Gasteiger partial charge in [0.2, 0.25) is 0 Å². The average molecular weight is 279 g/mol. The highest BCUT2D eigenvalue weighted by Gasteiger charge is 2.14. The Morgan fingerprint density at radius 2 is 2.29 bits per heavy atom. The summed E-state index contributed by atoms with van der Waals surface area (Å²) in [5, 5.41) is 0. The summed E-state index contributed by atoms with van der Waals surface area (Å²) >= 11 is 7.15. The molecule has 0 amide bonds. The third kappa shape index (κ3) is 2.48. The van der Waals surface area contributed by atoms with Crippen molar-refractivity contribution in [3.05, 3.63) is 28.0 Å². The van der Waals surface area contributed by atoms with E-state index in [1.165, 1.54) is 6.07 Å². The lowest BCUT2D eigenvalue weighted by Gasteiger charge is -2.06. The first kappa shape index (κ1) is 11.5. The van der Waals surface area contributed by atoms with Gasteiger partial charge in [-0.25, -0.2) is 9.18 Å². The first-order valence-corrected chi connectivity index (χ1v) is 5.15. The predicted octanol–water partition coefficient (Wildman–Crippen LogP) is 3.05. The van der Waals surface area contributed by atoms with Crippen LogP contribution in [0.25, 0.3) is 0 Å². The van der Waals surface area contributed by atoms with Crippen LogP contribution in [0.15, 0.2) is 21.5 Å². The predicted molar refractivity (Wildman–Crippen MR) is 57.3 cm³/mol. The molecule has 14 heavy (non-hydrogen) atoms. The monoisotopic (exact) mass is 278 g/mol. The van der Waals surface area contributed by atoms with E-state index in [0.29, 0.717) is 9.37 Å². The lowest BCUT2D eigenvalue weighted by Crippen LogP contribution is -2.06. The summed E-state index contributed by atoms with van der Waals surface area (Å²) in [7, 11) is 0. The van der Waals surface area contributed by atoms with Crippen LogP contribution in [0.3, 0.4) is 0 Å². The van der Waals surface area contributed by atoms with E-state index in [4.69, 9.17) is 4.74 Å². The highest BCUT2D eigenvalue weighted by molar-refractivity contribution is 9.10. The Bertz CT molecular complexity index is 368. The average Bonchev–Trinajstić information content (AvgIpc) is 2.11. The van der Waals surface area contributed by atoms with Gasteiger partial charge in [-0.05, 0) is 35.0 Å². The number of benzene rings is 1. The zero-order chi connectivity index (χ0) is 10.7. The van der Waals surface area contributed by atoms with Gasteiger partial charge in [-0.3, -0.25) is 0 Å². The minimum atomic E-state index is -0.561. The van der Waals surface area contributed by atoms with E-state index in [2.05, 4.69) is 28.6 Å². The highest BCUT2D eigenvalue weighted by Crippen LogP contribution is 2.26. The number of ether oxygens (including phenoxy) is 1. The third-order valence-corrected chi connectivity index (χ3v) is 3.03. The summed E-state index contributed by atoms with van der Waals surface area (Å²) in [5.41, 5.74) is 0.150. The standard InChI is InChI=1S/C9H8BrFO2S/c1-2-13-9(12)6-3-5(11)4-7(14)8(6)10/h3-4,14H,2H2,1H3. The molecule has 1 aromatic carbocycles. The maximum atomic E-state index is 12.9. The van der Waals surface area contributed by atoms with Gasteiger partial charge in [-0.1, -0.05) is 0 Å². The summed E-state index contributed by atoms with van der Waals surface area (Å²) in [6.07, 6.45) is 0. The zero-order valence-electron chi connectivity index (χ0n) is 7.38. The summed E-state index contributed by atoms with van der Waals surface area (Å²) in [6.45, 7) is 1.94. The van der Waals surface area contributed by atoms with Crippen molar-refractivity contribution in [2.45, 2.75) is 11.8 Å². The fraction of sp³-hybridized carbons (Fsp3) is 0.222. The molecule has 0 aliphatic rings. The summed E-state index contributed by atoms with van der Waals surface area (Å²) < 4.78 is 18.1. The van der Waals surface area contributed by atoms with Crippen molar-refractivity contribution < 1.29 is 13.9 Å². The molecule has 0 aliphatic heterocycles. The molecule has 0 N–H and O–H groups in total. The SMILES string of the molecule is CCOC(=O)c1cc(F)cc(S)c1Br. The number of hydrogen-bond acceptors (Lipinski definition) is 3. The van der Waals surface area contributed by atoms with E-state index >= 15 is 0 Å². The van der Waals surface area contributed by atoms with E-state index in [1.54, 1.807) is 6.92 Å². The molecule has 1 rings (SSSR count). The van der Waals surface area contributed by atoms with Crippen molar-refractivity contribution in [2.75, 3.05) is 6.61 Å². The second-order valence-electron chi connectivity index (χ2n) is 2.51. The summed E-state index contributed by atoms with van der Waals surface area (Å²) in [4.78, 5) is 11.7. The van der Waals surface area contributed by atoms with Crippen molar-refractivity contribution in [3.8, 4) is 0 Å². The number of halogens is 2. The third-order valence-electron chi connectivity index (χ3n) is 1.51. The Hall–Kier alpha value is -0.550. The van der Waals surface area contributed by atoms with Gasteiger partial charge in [0, 0.05) is 9.37 Å². The zero-order valence-corrected chi connectivity index (χ0v) is 9.86. The van der Waals surface area contributed by atoms with Crippen LogP contribution < -0.4 is 0 Å². The molecule has 76 valence electrons. The molecule has 0 unspecified atom stereocenters. The molecule has 0 saturated heterocycles. The molecular weight excluding hydrogens is 271 g/mol. The van der Waals surface area contributed by atoms with Crippen LogP contribution >= 0.6 is 28.6 Å². The normalized spacial score (nSPS) is 10.0. The number of rotatable bonds is 2. The number of hydrogen-bond donors (Lipinski definition) is 1. The van der Waals surface area contributed by atoms with Gasteiger partial charge in [0.25, 0.3) is 0 Å². The van der Waals surface area contributed by atoms with Gasteiger partial charge >= 0.3 is 5.97 Å². The second-order valence-corrected chi connectivity index (χ2v) is 3.78. The molecule has 0 bridgehead atoms. The molecule has 0 radical (unpaired) electrons. The van der Waals surface area contributed by atoms with Crippen LogP contribution in [0.5, 0.6) is 0 Å². The molecule has 0 spiro atoms. The van der Waals surface area contributed by atoms with Crippen LogP contribution in [0.1, 0.15) is 17.3 Å². The first-order valence-electron chi connectivity index (χ1n) is 3.91. The van der Waals surface area contributed by atoms with Gasteiger partial charge in [0.1, 0.15) is 5.82 Å². The van der Waals surface area contributed by atoms with Crippen molar-refractivity contribution in [3.63, 3.8) is 0 Å². The van der Waals surface area contributed by atoms with Crippen LogP contribution in [0.4, 0.5) is 4.39 Å². The molecule has 0 saturated carbocycles. The number of carbonyl (C=O) groups excluding carboxylic acids is 1. The molecule has 0 aliphatic carbocycles. The van der Waals surface area contributed by atoms with E-state index in [0.717, 1.165) is 6.07 Å². The lowest BCUT2D eigenvalue weighted by molar-refractivity contribution is 0.0524. The molecular formula is C9H8BrFO2S. The maximum Gasteiger partial charge on any atom is 0.339 e. The molecule has 0 atom stereocenters. The van der Waals surface area contributed by atoms with Gasteiger partial charge < -0.3 is 4.74 Å². The number of esters is 1. The van der Waals surface area contributed by atoms with E-state index in [1.807, 2.05) is 0 Å². The largest absolute Gasteiger partial charge is 0.462 e. The van der Waals surface area contributed by atoms with E-state index < -0.39 is 11.8 Å². The Kier molecular flexibility index (Phi) is 3.95. The molecule has 0 fully saturated rings. The van der Waals surface area contributed by atoms with Gasteiger partial charge in [0.15, 0.2) is 0 Å². The van der Waals surface area contributed by atoms with Gasteiger partial charge in [-0.2, -0.15) is 0 Å². The molecule has 0 aromatic heterocycles. The summed E-state index contributed by atoms with van der Waals surface area (Å²) in [5.74, 6) is -1.07. The Balaban J connectivity index is 3.13. The quantitative estimate of drug-likeness (QED) is 0.665. The maximum absolute atomic E-state index is 12.9. The second kappa shape index (κ2) is 4.79. The fourth-order valence-corrected chi connectivity index (χ4v) is 1.57. The van der Waals surface area contributed by atoms with Crippen LogP contribution in [0, 0.1) is 5.82 Å². The highest BCUT2D eigenvalue weighted by atomic mass is 79.9. The van der Waals surface area contributed by atoms with Gasteiger partial charge in [-0.15, -0.1) is 12.6 Å². The van der Waals surface area contributed by atoms with Crippen LogP contribution in [-0.2, 0) is 4.74 Å². The molecule has 1 aromatic rings. The van der Waals surface area contributed by atoms with E-state index in [-0.39, 0.29) is 12.2 Å². The number of thiol groups is 1. The van der Waals surface area contributed by atoms with Gasteiger partial charge in [0.05, 0.1) is 12.2 Å². The van der Waals surface area contributed by atoms with Crippen molar-refractivity contribution >= 4 is 34.5 Å². The minimum Gasteiger partial charge on any atom is -0.462 e. The lowest BCUT2D eigenvalue weighted by atomic mass is 10.2. The molecule has 2 nitrogen and oxygen atoms in total. The Morgan fingerprint density at radius 1 is 1.64 bits per heavy atom. The molecule has 0 heterocycles. The van der Waals surface area contributed by atoms with Crippen LogP contribution in [0.2, 0.25) is 0 Å². The van der Waals surface area contributed by atoms with Crippen molar-refractivity contribution in [1.82, 2.24) is 0 Å². The topological polar surface area (TPSA) is 26.3 Å².